The maximum absolute atomic E-state index is 14.4. The molecule has 0 bridgehead atoms. The number of nitrogens with one attached hydrogen (secondary N) is 8. The van der Waals surface area contributed by atoms with Crippen molar-refractivity contribution in [2.24, 2.45) is 11.5 Å². The largest absolute Gasteiger partial charge is 0.370 e. The van der Waals surface area contributed by atoms with Crippen LogP contribution in [0.5, 0.6) is 0 Å². The lowest BCUT2D eigenvalue weighted by molar-refractivity contribution is -0.133. The number of nitrogens with two attached hydrogens (primary N) is 2. The summed E-state index contributed by atoms with van der Waals surface area (Å²) in [7, 11) is 0. The Morgan fingerprint density at radius 2 is 0.877 bits per heavy atom. The molecular formula is C51H70N10O4. The Balaban J connectivity index is 1.53. The Bertz CT molecular complexity index is 2060. The van der Waals surface area contributed by atoms with E-state index >= 15 is 0 Å². The number of amides is 4. The molecule has 14 heteroatoms. The zero-order valence-corrected chi connectivity index (χ0v) is 37.9. The first kappa shape index (κ1) is 50.9. The van der Waals surface area contributed by atoms with Gasteiger partial charge in [0.2, 0.25) is 23.6 Å². The van der Waals surface area contributed by atoms with E-state index < -0.39 is 29.9 Å². The molecule has 0 radical (unpaired) electrons. The molecular weight excluding hydrogens is 817 g/mol. The molecule has 14 nitrogen and oxygen atoms in total. The fourth-order valence-corrected chi connectivity index (χ4v) is 7.48. The molecule has 0 heterocycles. The predicted molar refractivity (Wildman–Crippen MR) is 261 cm³/mol. The van der Waals surface area contributed by atoms with Crippen LogP contribution in [-0.4, -0.2) is 73.3 Å². The molecule has 4 rings (SSSR count). The Hall–Kier alpha value is -6.70. The van der Waals surface area contributed by atoms with Crippen LogP contribution in [0.3, 0.4) is 0 Å². The van der Waals surface area contributed by atoms with Crippen molar-refractivity contribution in [1.29, 1.82) is 10.8 Å². The van der Waals surface area contributed by atoms with Crippen LogP contribution in [0.1, 0.15) is 95.1 Å². The van der Waals surface area contributed by atoms with Gasteiger partial charge in [0, 0.05) is 38.9 Å². The lowest BCUT2D eigenvalue weighted by Gasteiger charge is -2.26. The number of benzene rings is 4. The van der Waals surface area contributed by atoms with E-state index in [-0.39, 0.29) is 56.0 Å². The van der Waals surface area contributed by atoms with Crippen molar-refractivity contribution >= 4 is 35.5 Å². The van der Waals surface area contributed by atoms with Crippen LogP contribution in [0.2, 0.25) is 0 Å². The summed E-state index contributed by atoms with van der Waals surface area (Å²) in [6, 6.07) is 32.5. The molecule has 4 aromatic carbocycles. The first-order valence-corrected chi connectivity index (χ1v) is 23.1. The van der Waals surface area contributed by atoms with Crippen LogP contribution in [-0.2, 0) is 32.0 Å². The summed E-state index contributed by atoms with van der Waals surface area (Å²) < 4.78 is 0. The molecule has 0 aliphatic carbocycles. The Kier molecular flexibility index (Phi) is 22.6. The van der Waals surface area contributed by atoms with Crippen LogP contribution < -0.4 is 43.4 Å². The van der Waals surface area contributed by atoms with Crippen LogP contribution in [0.15, 0.2) is 109 Å². The van der Waals surface area contributed by atoms with E-state index in [1.807, 2.05) is 109 Å². The smallest absolute Gasteiger partial charge is 0.243 e. The van der Waals surface area contributed by atoms with E-state index in [1.165, 1.54) is 19.3 Å². The minimum atomic E-state index is -1.09. The maximum Gasteiger partial charge on any atom is 0.243 e. The number of carbonyl (C=O) groups excluding carboxylic acids is 4. The van der Waals surface area contributed by atoms with Gasteiger partial charge in [0.15, 0.2) is 11.9 Å². The zero-order chi connectivity index (χ0) is 46.7. The van der Waals surface area contributed by atoms with E-state index in [2.05, 4.69) is 38.8 Å². The minimum absolute atomic E-state index is 0.122. The monoisotopic (exact) mass is 887 g/mol. The van der Waals surface area contributed by atoms with Crippen molar-refractivity contribution in [2.75, 3.05) is 19.6 Å². The third kappa shape index (κ3) is 19.7. The van der Waals surface area contributed by atoms with Crippen molar-refractivity contribution in [3.63, 3.8) is 0 Å². The predicted octanol–water partition coefficient (Wildman–Crippen LogP) is 6.04. The third-order valence-electron chi connectivity index (χ3n) is 11.1. The van der Waals surface area contributed by atoms with Crippen molar-refractivity contribution < 1.29 is 19.2 Å². The fourth-order valence-electron chi connectivity index (χ4n) is 7.48. The van der Waals surface area contributed by atoms with Gasteiger partial charge in [-0.25, -0.2) is 0 Å². The molecule has 0 saturated carbocycles. The van der Waals surface area contributed by atoms with Crippen LogP contribution in [0, 0.1) is 10.8 Å². The lowest BCUT2D eigenvalue weighted by Crippen LogP contribution is -2.57. The molecule has 0 saturated heterocycles. The Labute approximate surface area is 384 Å². The van der Waals surface area contributed by atoms with E-state index in [0.717, 1.165) is 52.6 Å². The fraction of sp³-hybridized carbons (Fsp3) is 0.412. The topological polar surface area (TPSA) is 240 Å². The SMILES string of the molecule is CCCCCCCCCC(=O)N[C@@H](Cc1ccc(-c2ccccc2)cc1)C(=O)N[C@@H](CCCNC(=N)N)C(=O)N[C@@H](Cc1ccc(-c2ccccc2)cc1)C(=O)NCCCCNC(=N)N. The molecule has 348 valence electrons. The first-order chi connectivity index (χ1) is 31.5. The molecule has 0 spiro atoms. The number of rotatable bonds is 29. The van der Waals surface area contributed by atoms with Crippen molar-refractivity contribution in [2.45, 2.75) is 115 Å². The summed E-state index contributed by atoms with van der Waals surface area (Å²) in [6.45, 7) is 3.28. The highest BCUT2D eigenvalue weighted by Crippen LogP contribution is 2.21. The quantitative estimate of drug-likeness (QED) is 0.0175. The number of hydrogen-bond acceptors (Lipinski definition) is 6. The van der Waals surface area contributed by atoms with E-state index in [4.69, 9.17) is 22.3 Å². The van der Waals surface area contributed by atoms with Crippen LogP contribution in [0.25, 0.3) is 22.3 Å². The molecule has 4 aromatic rings. The minimum Gasteiger partial charge on any atom is -0.370 e. The van der Waals surface area contributed by atoms with Crippen LogP contribution >= 0.6 is 0 Å². The average Bonchev–Trinajstić information content (AvgIpc) is 3.31. The van der Waals surface area contributed by atoms with E-state index in [9.17, 15) is 19.2 Å². The molecule has 4 amide bonds. The van der Waals surface area contributed by atoms with Crippen LogP contribution in [0.4, 0.5) is 0 Å². The van der Waals surface area contributed by atoms with Gasteiger partial charge in [0.1, 0.15) is 18.1 Å². The standard InChI is InChI=1S/C51H70N10O4/c1-2-3-4-5-6-7-14-23-46(62)59-45(36-38-26-30-42(31-27-38)40-20-12-9-13-21-40)49(65)60-43(22-17-34-58-51(54)55)48(64)61-44(47(63)56-32-15-16-33-57-50(52)53)35-37-24-28-41(29-25-37)39-18-10-8-11-19-39/h8-13,18-21,24-31,43-45H,2-7,14-17,22-23,32-36H2,1H3,(H,56,63)(H,59,62)(H,60,65)(H,61,64)(H4,52,53,57)(H4,54,55,58)/t43-,44-,45-/m0/s1. The summed E-state index contributed by atoms with van der Waals surface area (Å²) in [5, 5.41) is 32.3. The van der Waals surface area contributed by atoms with Crippen molar-refractivity contribution in [1.82, 2.24) is 31.9 Å². The Morgan fingerprint density at radius 3 is 1.38 bits per heavy atom. The summed E-state index contributed by atoms with van der Waals surface area (Å²) in [6.07, 6.45) is 9.82. The second kappa shape index (κ2) is 28.9. The first-order valence-electron chi connectivity index (χ1n) is 23.1. The van der Waals surface area contributed by atoms with Crippen molar-refractivity contribution in [3.05, 3.63) is 120 Å². The normalized spacial score (nSPS) is 12.2. The second-order valence-electron chi connectivity index (χ2n) is 16.5. The molecule has 0 aliphatic heterocycles. The summed E-state index contributed by atoms with van der Waals surface area (Å²) in [4.78, 5) is 56.0. The molecule has 3 atom stereocenters. The summed E-state index contributed by atoms with van der Waals surface area (Å²) in [5.41, 5.74) is 16.7. The third-order valence-corrected chi connectivity index (χ3v) is 11.1. The van der Waals surface area contributed by atoms with Gasteiger partial charge < -0.3 is 43.4 Å². The highest BCUT2D eigenvalue weighted by molar-refractivity contribution is 5.94. The van der Waals surface area contributed by atoms with Gasteiger partial charge in [-0.1, -0.05) is 155 Å². The number of carbonyl (C=O) groups is 4. The Morgan fingerprint density at radius 1 is 0.462 bits per heavy atom. The van der Waals surface area contributed by atoms with Crippen molar-refractivity contribution in [3.8, 4) is 22.3 Å². The van der Waals surface area contributed by atoms with E-state index in [1.54, 1.807) is 0 Å². The summed E-state index contributed by atoms with van der Waals surface area (Å²) in [5.74, 6) is -2.05. The summed E-state index contributed by atoms with van der Waals surface area (Å²) >= 11 is 0. The number of guanidine groups is 2. The number of hydrogen-bond donors (Lipinski definition) is 10. The zero-order valence-electron chi connectivity index (χ0n) is 37.9. The molecule has 12 N–H and O–H groups in total. The van der Waals surface area contributed by atoms with Gasteiger partial charge in [-0.05, 0) is 65.5 Å². The van der Waals surface area contributed by atoms with Gasteiger partial charge in [0.25, 0.3) is 0 Å². The average molecular weight is 887 g/mol. The highest BCUT2D eigenvalue weighted by atomic mass is 16.2. The lowest BCUT2D eigenvalue weighted by atomic mass is 9.99. The van der Waals surface area contributed by atoms with Gasteiger partial charge in [-0.3, -0.25) is 30.0 Å². The molecule has 0 unspecified atom stereocenters. The molecule has 0 aromatic heterocycles. The molecule has 0 fully saturated rings. The maximum atomic E-state index is 14.4. The van der Waals surface area contributed by atoms with Gasteiger partial charge >= 0.3 is 0 Å². The molecule has 0 aliphatic rings. The highest BCUT2D eigenvalue weighted by Gasteiger charge is 2.30. The number of unbranched alkanes of at least 4 members (excludes halogenated alkanes) is 7. The van der Waals surface area contributed by atoms with Gasteiger partial charge in [-0.15, -0.1) is 0 Å². The second-order valence-corrected chi connectivity index (χ2v) is 16.5. The van der Waals surface area contributed by atoms with Gasteiger partial charge in [-0.2, -0.15) is 0 Å². The van der Waals surface area contributed by atoms with E-state index in [0.29, 0.717) is 38.8 Å². The van der Waals surface area contributed by atoms with Gasteiger partial charge in [0.05, 0.1) is 0 Å². The molecule has 65 heavy (non-hydrogen) atoms.